The number of benzene rings is 2. The Labute approximate surface area is 155 Å². The highest BCUT2D eigenvalue weighted by atomic mass is 32.2. The average Bonchev–Trinajstić information content (AvgIpc) is 3.44. The first-order chi connectivity index (χ1) is 12.7. The molecule has 4 rings (SSSR count). The molecule has 0 aliphatic heterocycles. The highest BCUT2D eigenvalue weighted by Gasteiger charge is 2.30. The zero-order chi connectivity index (χ0) is 17.9. The van der Waals surface area contributed by atoms with Gasteiger partial charge in [-0.1, -0.05) is 60.3 Å². The molecule has 2 aromatic carbocycles. The summed E-state index contributed by atoms with van der Waals surface area (Å²) < 4.78 is 1.51. The van der Waals surface area contributed by atoms with E-state index in [1.54, 1.807) is 0 Å². The van der Waals surface area contributed by atoms with E-state index in [1.165, 1.54) is 16.4 Å². The zero-order valence-corrected chi connectivity index (χ0v) is 14.9. The predicted molar refractivity (Wildman–Crippen MR) is 103 cm³/mol. The Hall–Kier alpha value is -2.80. The van der Waals surface area contributed by atoms with Gasteiger partial charge in [0.2, 0.25) is 11.1 Å². The molecule has 0 unspecified atom stereocenters. The number of nitrogens with zero attached hydrogens (tertiary/aromatic N) is 3. The van der Waals surface area contributed by atoms with Gasteiger partial charge in [0.1, 0.15) is 0 Å². The van der Waals surface area contributed by atoms with Crippen LogP contribution >= 0.6 is 11.8 Å². The topological polar surface area (TPSA) is 85.8 Å². The SMILES string of the molecule is Nn1c(SCC(=O)Nc2ccccc2-c2ccccc2)nnc1C1CC1. The summed E-state index contributed by atoms with van der Waals surface area (Å²) in [5, 5.41) is 11.8. The molecule has 0 spiro atoms. The van der Waals surface area contributed by atoms with Crippen LogP contribution in [0.3, 0.4) is 0 Å². The van der Waals surface area contributed by atoms with Crippen LogP contribution in [-0.4, -0.2) is 26.5 Å². The van der Waals surface area contributed by atoms with Gasteiger partial charge in [0.15, 0.2) is 5.82 Å². The Morgan fingerprint density at radius 2 is 1.85 bits per heavy atom. The molecular formula is C19H19N5OS. The third-order valence-electron chi connectivity index (χ3n) is 4.25. The first-order valence-corrected chi connectivity index (χ1v) is 9.48. The normalized spacial score (nSPS) is 13.5. The molecule has 26 heavy (non-hydrogen) atoms. The summed E-state index contributed by atoms with van der Waals surface area (Å²) in [6.07, 6.45) is 2.22. The number of hydrogen-bond donors (Lipinski definition) is 2. The number of para-hydroxylation sites is 1. The summed E-state index contributed by atoms with van der Waals surface area (Å²) >= 11 is 1.29. The highest BCUT2D eigenvalue weighted by molar-refractivity contribution is 7.99. The summed E-state index contributed by atoms with van der Waals surface area (Å²) in [5.41, 5.74) is 2.84. The summed E-state index contributed by atoms with van der Waals surface area (Å²) in [5.74, 6) is 7.38. The third-order valence-corrected chi connectivity index (χ3v) is 5.19. The van der Waals surface area contributed by atoms with Gasteiger partial charge in [-0.2, -0.15) is 0 Å². The van der Waals surface area contributed by atoms with Gasteiger partial charge in [0, 0.05) is 17.2 Å². The Morgan fingerprint density at radius 3 is 2.62 bits per heavy atom. The molecule has 0 atom stereocenters. The van der Waals surface area contributed by atoms with Crippen LogP contribution in [0.2, 0.25) is 0 Å². The molecule has 1 amide bonds. The lowest BCUT2D eigenvalue weighted by Crippen LogP contribution is -2.17. The van der Waals surface area contributed by atoms with Crippen LogP contribution in [0, 0.1) is 0 Å². The fourth-order valence-corrected chi connectivity index (χ4v) is 3.45. The quantitative estimate of drug-likeness (QED) is 0.517. The second kappa shape index (κ2) is 7.21. The van der Waals surface area contributed by atoms with Crippen molar-refractivity contribution in [2.75, 3.05) is 16.9 Å². The largest absolute Gasteiger partial charge is 0.336 e. The van der Waals surface area contributed by atoms with E-state index in [2.05, 4.69) is 15.5 Å². The van der Waals surface area contributed by atoms with Crippen molar-refractivity contribution in [3.8, 4) is 11.1 Å². The van der Waals surface area contributed by atoms with Crippen LogP contribution < -0.4 is 11.2 Å². The Bertz CT molecular complexity index is 921. The summed E-state index contributed by atoms with van der Waals surface area (Å²) in [4.78, 5) is 12.4. The predicted octanol–water partition coefficient (Wildman–Crippen LogP) is 3.27. The van der Waals surface area contributed by atoms with Gasteiger partial charge < -0.3 is 11.2 Å². The summed E-state index contributed by atoms with van der Waals surface area (Å²) in [6.45, 7) is 0. The van der Waals surface area contributed by atoms with Gasteiger partial charge in [-0.3, -0.25) is 4.79 Å². The van der Waals surface area contributed by atoms with Crippen LogP contribution in [0.15, 0.2) is 59.8 Å². The van der Waals surface area contributed by atoms with Gasteiger partial charge >= 0.3 is 0 Å². The molecule has 1 aliphatic carbocycles. The number of carbonyl (C=O) groups is 1. The van der Waals surface area contributed by atoms with E-state index in [0.29, 0.717) is 11.1 Å². The van der Waals surface area contributed by atoms with E-state index in [4.69, 9.17) is 5.84 Å². The number of rotatable bonds is 6. The van der Waals surface area contributed by atoms with Crippen molar-refractivity contribution in [3.63, 3.8) is 0 Å². The number of nitrogens with two attached hydrogens (primary N) is 1. The van der Waals surface area contributed by atoms with Crippen LogP contribution in [0.25, 0.3) is 11.1 Å². The van der Waals surface area contributed by atoms with Gasteiger partial charge in [0.25, 0.3) is 0 Å². The Kier molecular flexibility index (Phi) is 4.62. The molecule has 1 saturated carbocycles. The van der Waals surface area contributed by atoms with Crippen LogP contribution in [-0.2, 0) is 4.79 Å². The van der Waals surface area contributed by atoms with E-state index < -0.39 is 0 Å². The fourth-order valence-electron chi connectivity index (χ4n) is 2.78. The minimum atomic E-state index is -0.102. The lowest BCUT2D eigenvalue weighted by molar-refractivity contribution is -0.113. The molecule has 0 bridgehead atoms. The number of hydrogen-bond acceptors (Lipinski definition) is 5. The minimum absolute atomic E-state index is 0.102. The molecule has 7 heteroatoms. The van der Waals surface area contributed by atoms with Crippen LogP contribution in [0.5, 0.6) is 0 Å². The standard InChI is InChI=1S/C19H19N5OS/c20-24-18(14-10-11-14)22-23-19(24)26-12-17(25)21-16-9-5-4-8-15(16)13-6-2-1-3-7-13/h1-9,14H,10-12,20H2,(H,21,25). The van der Waals surface area contributed by atoms with E-state index in [1.807, 2.05) is 54.6 Å². The lowest BCUT2D eigenvalue weighted by atomic mass is 10.0. The number of anilines is 1. The number of nitrogens with one attached hydrogen (secondary N) is 1. The molecule has 1 heterocycles. The van der Waals surface area contributed by atoms with Crippen molar-refractivity contribution >= 4 is 23.4 Å². The molecule has 1 fully saturated rings. The fraction of sp³-hybridized carbons (Fsp3) is 0.211. The molecule has 1 aromatic heterocycles. The average molecular weight is 365 g/mol. The lowest BCUT2D eigenvalue weighted by Gasteiger charge is -2.11. The third kappa shape index (κ3) is 3.57. The molecule has 0 radical (unpaired) electrons. The first-order valence-electron chi connectivity index (χ1n) is 8.50. The second-order valence-corrected chi connectivity index (χ2v) is 7.18. The molecule has 3 aromatic rings. The van der Waals surface area contributed by atoms with Gasteiger partial charge in [0.05, 0.1) is 5.75 Å². The van der Waals surface area contributed by atoms with Crippen molar-refractivity contribution < 1.29 is 4.79 Å². The number of nitrogen functional groups attached to an aromatic ring is 1. The van der Waals surface area contributed by atoms with Crippen molar-refractivity contribution in [2.24, 2.45) is 0 Å². The Morgan fingerprint density at radius 1 is 1.12 bits per heavy atom. The number of amides is 1. The first kappa shape index (κ1) is 16.7. The van der Waals surface area contributed by atoms with Crippen molar-refractivity contribution in [3.05, 3.63) is 60.4 Å². The summed E-state index contributed by atoms with van der Waals surface area (Å²) in [7, 11) is 0. The molecule has 3 N–H and O–H groups in total. The highest BCUT2D eigenvalue weighted by Crippen LogP contribution is 2.39. The van der Waals surface area contributed by atoms with Crippen molar-refractivity contribution in [1.82, 2.24) is 14.9 Å². The molecule has 6 nitrogen and oxygen atoms in total. The molecule has 1 aliphatic rings. The van der Waals surface area contributed by atoms with Gasteiger partial charge in [-0.15, -0.1) is 10.2 Å². The number of aromatic nitrogens is 3. The van der Waals surface area contributed by atoms with E-state index in [0.717, 1.165) is 35.5 Å². The molecular weight excluding hydrogens is 346 g/mol. The van der Waals surface area contributed by atoms with Crippen molar-refractivity contribution in [1.29, 1.82) is 0 Å². The van der Waals surface area contributed by atoms with E-state index in [-0.39, 0.29) is 11.7 Å². The number of carbonyl (C=O) groups excluding carboxylic acids is 1. The van der Waals surface area contributed by atoms with Crippen LogP contribution in [0.1, 0.15) is 24.6 Å². The smallest absolute Gasteiger partial charge is 0.234 e. The minimum Gasteiger partial charge on any atom is -0.336 e. The Balaban J connectivity index is 1.43. The molecule has 132 valence electrons. The van der Waals surface area contributed by atoms with Gasteiger partial charge in [-0.25, -0.2) is 4.68 Å². The maximum atomic E-state index is 12.4. The molecule has 0 saturated heterocycles. The summed E-state index contributed by atoms with van der Waals surface area (Å²) in [6, 6.07) is 17.8. The zero-order valence-electron chi connectivity index (χ0n) is 14.1. The monoisotopic (exact) mass is 365 g/mol. The maximum absolute atomic E-state index is 12.4. The van der Waals surface area contributed by atoms with E-state index in [9.17, 15) is 4.79 Å². The van der Waals surface area contributed by atoms with Crippen LogP contribution in [0.4, 0.5) is 5.69 Å². The second-order valence-electron chi connectivity index (χ2n) is 6.23. The maximum Gasteiger partial charge on any atom is 0.234 e. The van der Waals surface area contributed by atoms with E-state index >= 15 is 0 Å². The van der Waals surface area contributed by atoms with Crippen molar-refractivity contribution in [2.45, 2.75) is 23.9 Å². The van der Waals surface area contributed by atoms with Gasteiger partial charge in [-0.05, 0) is 24.5 Å². The number of thioether (sulfide) groups is 1.